The lowest BCUT2D eigenvalue weighted by atomic mass is 10.0. The van der Waals surface area contributed by atoms with Crippen molar-refractivity contribution in [2.75, 3.05) is 11.4 Å². The maximum absolute atomic E-state index is 11.7. The highest BCUT2D eigenvalue weighted by Gasteiger charge is 2.46. The first-order valence-corrected chi connectivity index (χ1v) is 13.1. The van der Waals surface area contributed by atoms with Gasteiger partial charge in [0.1, 0.15) is 11.5 Å². The third-order valence-corrected chi connectivity index (χ3v) is 8.38. The van der Waals surface area contributed by atoms with E-state index in [1.807, 2.05) is 37.3 Å². The van der Waals surface area contributed by atoms with Crippen LogP contribution in [0.1, 0.15) is 58.8 Å². The molecule has 0 radical (unpaired) electrons. The maximum Gasteiger partial charge on any atom is 0.274 e. The van der Waals surface area contributed by atoms with Crippen molar-refractivity contribution < 1.29 is 19.3 Å². The Morgan fingerprint density at radius 2 is 2.00 bits per heavy atom. The first kappa shape index (κ1) is 23.8. The van der Waals surface area contributed by atoms with Crippen LogP contribution < -0.4 is 10.4 Å². The highest BCUT2D eigenvalue weighted by atomic mass is 35.5. The van der Waals surface area contributed by atoms with Gasteiger partial charge in [-0.1, -0.05) is 34.4 Å². The second kappa shape index (κ2) is 9.38. The van der Waals surface area contributed by atoms with Crippen LogP contribution in [0.3, 0.4) is 0 Å². The number of hydrogen-bond donors (Lipinski definition) is 2. The molecule has 2 aliphatic carbocycles. The summed E-state index contributed by atoms with van der Waals surface area (Å²) in [4.78, 5) is 14.2. The van der Waals surface area contributed by atoms with E-state index in [1.54, 1.807) is 11.5 Å². The van der Waals surface area contributed by atoms with Crippen LogP contribution in [0.4, 0.5) is 5.69 Å². The van der Waals surface area contributed by atoms with Crippen molar-refractivity contribution in [1.82, 2.24) is 10.6 Å². The SMILES string of the molecule is Cc1cc(C(=O)NO)ccc1N1C[C@@H]2C[C@H]1C[C@H]2OCc1c(-c2c(Cl)cccc2Cl)noc1C1CC1. The number of ether oxygens (including phenoxy) is 1. The molecule has 3 aromatic rings. The first-order valence-electron chi connectivity index (χ1n) is 12.3. The zero-order valence-electron chi connectivity index (χ0n) is 19.8. The van der Waals surface area contributed by atoms with Gasteiger partial charge >= 0.3 is 0 Å². The molecule has 1 aliphatic heterocycles. The van der Waals surface area contributed by atoms with Gasteiger partial charge in [-0.05, 0) is 68.5 Å². The molecule has 2 bridgehead atoms. The van der Waals surface area contributed by atoms with Crippen LogP contribution in [0.25, 0.3) is 11.3 Å². The molecule has 3 aliphatic rings. The number of hydrogen-bond acceptors (Lipinski definition) is 6. The van der Waals surface area contributed by atoms with E-state index in [2.05, 4.69) is 10.1 Å². The van der Waals surface area contributed by atoms with Crippen molar-refractivity contribution in [1.29, 1.82) is 0 Å². The average Bonchev–Trinajstić information content (AvgIpc) is 3.32. The Balaban J connectivity index is 1.17. The molecule has 2 saturated carbocycles. The molecular formula is C27H27Cl2N3O4. The lowest BCUT2D eigenvalue weighted by Gasteiger charge is -2.34. The minimum absolute atomic E-state index is 0.155. The van der Waals surface area contributed by atoms with E-state index in [4.69, 9.17) is 37.7 Å². The second-order valence-electron chi connectivity index (χ2n) is 10.1. The number of amides is 1. The van der Waals surface area contributed by atoms with Gasteiger partial charge in [-0.2, -0.15) is 0 Å². The lowest BCUT2D eigenvalue weighted by Crippen LogP contribution is -2.39. The Bertz CT molecular complexity index is 1300. The Labute approximate surface area is 219 Å². The van der Waals surface area contributed by atoms with Crippen LogP contribution in [0.2, 0.25) is 10.0 Å². The van der Waals surface area contributed by atoms with Crippen molar-refractivity contribution in [3.8, 4) is 11.3 Å². The van der Waals surface area contributed by atoms with Gasteiger partial charge in [0.05, 0.1) is 22.8 Å². The number of nitrogens with zero attached hydrogens (tertiary/aromatic N) is 2. The lowest BCUT2D eigenvalue weighted by molar-refractivity contribution is 0.0122. The normalized spacial score (nSPS) is 22.9. The molecule has 9 heteroatoms. The number of halogens is 2. The van der Waals surface area contributed by atoms with Crippen molar-refractivity contribution >= 4 is 34.8 Å². The summed E-state index contributed by atoms with van der Waals surface area (Å²) in [5.41, 5.74) is 6.62. The molecule has 7 nitrogen and oxygen atoms in total. The molecule has 1 amide bonds. The van der Waals surface area contributed by atoms with Crippen LogP contribution in [0.15, 0.2) is 40.9 Å². The van der Waals surface area contributed by atoms with Crippen LogP contribution in [0, 0.1) is 12.8 Å². The molecule has 1 aromatic heterocycles. The summed E-state index contributed by atoms with van der Waals surface area (Å²) >= 11 is 13.0. The number of anilines is 1. The summed E-state index contributed by atoms with van der Waals surface area (Å²) in [7, 11) is 0. The fourth-order valence-electron chi connectivity index (χ4n) is 5.83. The van der Waals surface area contributed by atoms with Crippen molar-refractivity contribution in [3.05, 3.63) is 68.9 Å². The van der Waals surface area contributed by atoms with Gasteiger partial charge < -0.3 is 14.2 Å². The molecule has 2 aromatic carbocycles. The number of benzene rings is 2. The van der Waals surface area contributed by atoms with Crippen molar-refractivity contribution in [2.45, 2.75) is 57.3 Å². The van der Waals surface area contributed by atoms with E-state index < -0.39 is 5.91 Å². The zero-order chi connectivity index (χ0) is 25.0. The Morgan fingerprint density at radius 3 is 2.64 bits per heavy atom. The molecule has 1 saturated heterocycles. The van der Waals surface area contributed by atoms with Gasteiger partial charge in [0.15, 0.2) is 0 Å². The number of rotatable bonds is 7. The van der Waals surface area contributed by atoms with Gasteiger partial charge in [-0.25, -0.2) is 5.48 Å². The summed E-state index contributed by atoms with van der Waals surface area (Å²) in [6.45, 7) is 3.32. The summed E-state index contributed by atoms with van der Waals surface area (Å²) in [6, 6.07) is 11.4. The number of fused-ring (bicyclic) bond motifs is 2. The predicted molar refractivity (Wildman–Crippen MR) is 137 cm³/mol. The Hall–Kier alpha value is -2.58. The summed E-state index contributed by atoms with van der Waals surface area (Å²) in [5.74, 6) is 1.21. The standard InChI is InChI=1S/C27H27Cl2N3O4/c1-14-9-16(27(33)30-34)7-8-22(14)32-12-17-10-18(32)11-23(17)35-13-19-25(31-36-26(19)15-5-6-15)24-20(28)3-2-4-21(24)29/h2-4,7-9,15,17-18,23,34H,5-6,10-13H2,1H3,(H,30,33)/t17-,18-,23+/m0/s1. The highest BCUT2D eigenvalue weighted by Crippen LogP contribution is 2.47. The highest BCUT2D eigenvalue weighted by molar-refractivity contribution is 6.39. The minimum Gasteiger partial charge on any atom is -0.373 e. The van der Waals surface area contributed by atoms with Crippen LogP contribution in [0.5, 0.6) is 0 Å². The number of hydroxylamine groups is 1. The quantitative estimate of drug-likeness (QED) is 0.283. The molecule has 188 valence electrons. The van der Waals surface area contributed by atoms with Crippen molar-refractivity contribution in [3.63, 3.8) is 0 Å². The smallest absolute Gasteiger partial charge is 0.274 e. The number of carbonyl (C=O) groups is 1. The third kappa shape index (κ3) is 4.18. The molecule has 36 heavy (non-hydrogen) atoms. The van der Waals surface area contributed by atoms with E-state index in [1.165, 1.54) is 0 Å². The molecule has 0 unspecified atom stereocenters. The number of piperidine rings is 1. The van der Waals surface area contributed by atoms with E-state index in [-0.39, 0.29) is 6.10 Å². The van der Waals surface area contributed by atoms with Crippen LogP contribution in [-0.2, 0) is 11.3 Å². The number of aryl methyl sites for hydroxylation is 1. The van der Waals surface area contributed by atoms with Gasteiger partial charge in [-0.15, -0.1) is 0 Å². The molecule has 3 atom stereocenters. The van der Waals surface area contributed by atoms with Gasteiger partial charge in [0, 0.05) is 46.8 Å². The molecule has 2 N–H and O–H groups in total. The number of carbonyl (C=O) groups excluding carboxylic acids is 1. The summed E-state index contributed by atoms with van der Waals surface area (Å²) < 4.78 is 12.3. The van der Waals surface area contributed by atoms with Gasteiger partial charge in [0.2, 0.25) is 0 Å². The maximum atomic E-state index is 11.7. The molecule has 0 spiro atoms. The predicted octanol–water partition coefficient (Wildman–Crippen LogP) is 6.14. The minimum atomic E-state index is -0.502. The van der Waals surface area contributed by atoms with E-state index in [0.717, 1.165) is 54.8 Å². The number of aromatic nitrogens is 1. The fraction of sp³-hybridized carbons (Fsp3) is 0.407. The van der Waals surface area contributed by atoms with Crippen LogP contribution >= 0.6 is 23.2 Å². The van der Waals surface area contributed by atoms with Gasteiger partial charge in [0.25, 0.3) is 5.91 Å². The third-order valence-electron chi connectivity index (χ3n) is 7.75. The summed E-state index contributed by atoms with van der Waals surface area (Å²) in [5, 5.41) is 14.4. The molecule has 3 fully saturated rings. The average molecular weight is 528 g/mol. The first-order chi connectivity index (χ1) is 17.4. The second-order valence-corrected chi connectivity index (χ2v) is 10.9. The fourth-order valence-corrected chi connectivity index (χ4v) is 6.40. The van der Waals surface area contributed by atoms with Gasteiger partial charge in [-0.3, -0.25) is 10.0 Å². The van der Waals surface area contributed by atoms with E-state index >= 15 is 0 Å². The monoisotopic (exact) mass is 527 g/mol. The Morgan fingerprint density at radius 1 is 1.22 bits per heavy atom. The molecular weight excluding hydrogens is 501 g/mol. The van der Waals surface area contributed by atoms with E-state index in [9.17, 15) is 4.79 Å². The van der Waals surface area contributed by atoms with Crippen LogP contribution in [-0.4, -0.2) is 35.0 Å². The molecule has 6 rings (SSSR count). The Kier molecular flexibility index (Phi) is 6.20. The zero-order valence-corrected chi connectivity index (χ0v) is 21.4. The summed E-state index contributed by atoms with van der Waals surface area (Å²) in [6.07, 6.45) is 4.36. The number of nitrogens with one attached hydrogen (secondary N) is 1. The topological polar surface area (TPSA) is 87.8 Å². The molecule has 2 heterocycles. The largest absolute Gasteiger partial charge is 0.373 e. The van der Waals surface area contributed by atoms with E-state index in [0.29, 0.717) is 51.4 Å². The van der Waals surface area contributed by atoms with Crippen molar-refractivity contribution in [2.24, 2.45) is 5.92 Å².